The smallest absolute Gasteiger partial charge is 0.334 e. The fraction of sp³-hybridized carbons (Fsp3) is 0.700. The fourth-order valence-electron chi connectivity index (χ4n) is 0.945. The van der Waals surface area contributed by atoms with Crippen LogP contribution in [0.3, 0.4) is 0 Å². The molecule has 0 N–H and O–H groups in total. The zero-order valence-electron chi connectivity index (χ0n) is 9.88. The number of carbonyl (C=O) groups excluding carboxylic acids is 1. The maximum atomic E-state index is 11.2. The van der Waals surface area contributed by atoms with Gasteiger partial charge in [-0.05, 0) is 40.4 Å². The van der Waals surface area contributed by atoms with Gasteiger partial charge in [0.15, 0.2) is 0 Å². The molecule has 0 saturated carbocycles. The topological polar surface area (TPSA) is 35.5 Å². The lowest BCUT2D eigenvalue weighted by molar-refractivity contribution is -0.141. The Balaban J connectivity index is 4.17. The van der Waals surface area contributed by atoms with Crippen LogP contribution in [0, 0.1) is 0 Å². The van der Waals surface area contributed by atoms with E-state index in [0.29, 0.717) is 5.76 Å². The summed E-state index contributed by atoms with van der Waals surface area (Å²) in [5.74, 6) is 0.297. The van der Waals surface area contributed by atoms with Crippen molar-refractivity contribution in [3.8, 4) is 0 Å². The first-order valence-corrected chi connectivity index (χ1v) is 8.19. The Morgan fingerprint density at radius 2 is 1.79 bits per heavy atom. The van der Waals surface area contributed by atoms with Gasteiger partial charge < -0.3 is 9.16 Å². The summed E-state index contributed by atoms with van der Waals surface area (Å²) < 4.78 is 10.5. The van der Waals surface area contributed by atoms with Gasteiger partial charge in [0.05, 0.1) is 17.9 Å². The first kappa shape index (κ1) is 13.2. The second kappa shape index (κ2) is 5.19. The van der Waals surface area contributed by atoms with E-state index in [0.717, 1.165) is 0 Å². The van der Waals surface area contributed by atoms with Crippen LogP contribution in [0.5, 0.6) is 0 Å². The Labute approximate surface area is 87.2 Å². The van der Waals surface area contributed by atoms with Crippen molar-refractivity contribution in [2.24, 2.45) is 0 Å². The zero-order chi connectivity index (χ0) is 11.4. The van der Waals surface area contributed by atoms with Crippen molar-refractivity contribution in [3.63, 3.8) is 0 Å². The molecule has 4 heteroatoms. The highest BCUT2D eigenvalue weighted by Gasteiger charge is 2.16. The number of ether oxygens (including phenoxy) is 1. The monoisotopic (exact) mass is 216 g/mol. The highest BCUT2D eigenvalue weighted by molar-refractivity contribution is 6.70. The number of allylic oxidation sites excluding steroid dienone is 1. The van der Waals surface area contributed by atoms with Crippen LogP contribution in [-0.4, -0.2) is 20.4 Å². The maximum Gasteiger partial charge on any atom is 0.334 e. The minimum Gasteiger partial charge on any atom is -0.547 e. The SMILES string of the molecule is C/C(=C\C(=O)OC(C)C)O[Si](C)(C)C. The molecule has 3 nitrogen and oxygen atoms in total. The fourth-order valence-corrected chi connectivity index (χ4v) is 1.97. The second-order valence-corrected chi connectivity index (χ2v) is 8.88. The van der Waals surface area contributed by atoms with E-state index in [9.17, 15) is 4.79 Å². The Kier molecular flexibility index (Phi) is 4.91. The molecule has 0 aromatic carbocycles. The van der Waals surface area contributed by atoms with Gasteiger partial charge in [-0.3, -0.25) is 0 Å². The number of esters is 1. The predicted octanol–water partition coefficient (Wildman–Crippen LogP) is 2.69. The van der Waals surface area contributed by atoms with E-state index in [2.05, 4.69) is 19.6 Å². The highest BCUT2D eigenvalue weighted by Crippen LogP contribution is 2.09. The lowest BCUT2D eigenvalue weighted by Gasteiger charge is -2.19. The lowest BCUT2D eigenvalue weighted by atomic mass is 10.4. The van der Waals surface area contributed by atoms with E-state index in [4.69, 9.17) is 9.16 Å². The average Bonchev–Trinajstić information content (AvgIpc) is 1.77. The van der Waals surface area contributed by atoms with E-state index in [1.54, 1.807) is 6.92 Å². The van der Waals surface area contributed by atoms with Gasteiger partial charge in [-0.2, -0.15) is 0 Å². The van der Waals surface area contributed by atoms with Crippen molar-refractivity contribution in [1.29, 1.82) is 0 Å². The third kappa shape index (κ3) is 7.85. The molecule has 0 spiro atoms. The number of carbonyl (C=O) groups is 1. The van der Waals surface area contributed by atoms with Crippen LogP contribution < -0.4 is 0 Å². The minimum absolute atomic E-state index is 0.0848. The van der Waals surface area contributed by atoms with E-state index in [1.807, 2.05) is 13.8 Å². The summed E-state index contributed by atoms with van der Waals surface area (Å²) in [7, 11) is -1.60. The number of hydrogen-bond donors (Lipinski definition) is 0. The van der Waals surface area contributed by atoms with E-state index < -0.39 is 8.32 Å². The van der Waals surface area contributed by atoms with Crippen LogP contribution in [0.15, 0.2) is 11.8 Å². The molecule has 0 atom stereocenters. The molecular weight excluding hydrogens is 196 g/mol. The summed E-state index contributed by atoms with van der Waals surface area (Å²) in [4.78, 5) is 11.2. The molecule has 14 heavy (non-hydrogen) atoms. The van der Waals surface area contributed by atoms with Crippen LogP contribution in [0.1, 0.15) is 20.8 Å². The van der Waals surface area contributed by atoms with Crippen molar-refractivity contribution < 1.29 is 14.0 Å². The van der Waals surface area contributed by atoms with Gasteiger partial charge in [0, 0.05) is 0 Å². The molecule has 0 aliphatic rings. The molecule has 82 valence electrons. The van der Waals surface area contributed by atoms with Gasteiger partial charge in [-0.1, -0.05) is 0 Å². The van der Waals surface area contributed by atoms with Crippen molar-refractivity contribution in [1.82, 2.24) is 0 Å². The molecule has 0 aromatic heterocycles. The largest absolute Gasteiger partial charge is 0.547 e. The van der Waals surface area contributed by atoms with Crippen molar-refractivity contribution in [3.05, 3.63) is 11.8 Å². The Morgan fingerprint density at radius 3 is 2.14 bits per heavy atom. The lowest BCUT2D eigenvalue weighted by Crippen LogP contribution is -2.24. The van der Waals surface area contributed by atoms with Gasteiger partial charge >= 0.3 is 5.97 Å². The van der Waals surface area contributed by atoms with Crippen molar-refractivity contribution in [2.45, 2.75) is 46.5 Å². The molecule has 0 amide bonds. The zero-order valence-corrected chi connectivity index (χ0v) is 10.9. The minimum atomic E-state index is -1.60. The predicted molar refractivity (Wildman–Crippen MR) is 59.4 cm³/mol. The van der Waals surface area contributed by atoms with Crippen LogP contribution in [0.25, 0.3) is 0 Å². The summed E-state index contributed by atoms with van der Waals surface area (Å²) >= 11 is 0. The first-order valence-electron chi connectivity index (χ1n) is 4.78. The molecular formula is C10H20O3Si. The first-order chi connectivity index (χ1) is 6.20. The van der Waals surface area contributed by atoms with Gasteiger partial charge in [0.2, 0.25) is 8.32 Å². The van der Waals surface area contributed by atoms with Gasteiger partial charge in [-0.15, -0.1) is 0 Å². The van der Waals surface area contributed by atoms with Crippen LogP contribution in [0.2, 0.25) is 19.6 Å². The molecule has 0 bridgehead atoms. The van der Waals surface area contributed by atoms with Gasteiger partial charge in [0.25, 0.3) is 0 Å². The summed E-state index contributed by atoms with van der Waals surface area (Å²) in [5.41, 5.74) is 0. The second-order valence-electron chi connectivity index (χ2n) is 4.46. The molecule has 0 rings (SSSR count). The third-order valence-electron chi connectivity index (χ3n) is 1.14. The summed E-state index contributed by atoms with van der Waals surface area (Å²) in [6, 6.07) is 0. The quantitative estimate of drug-likeness (QED) is 0.314. The standard InChI is InChI=1S/C10H20O3Si/c1-8(2)12-10(11)7-9(3)13-14(4,5)6/h7-8H,1-6H3/b9-7+. The number of rotatable bonds is 4. The van der Waals surface area contributed by atoms with Gasteiger partial charge in [0.1, 0.15) is 0 Å². The van der Waals surface area contributed by atoms with E-state index in [1.165, 1.54) is 6.08 Å². The third-order valence-corrected chi connectivity index (χ3v) is 2.07. The van der Waals surface area contributed by atoms with E-state index >= 15 is 0 Å². The van der Waals surface area contributed by atoms with Crippen LogP contribution >= 0.6 is 0 Å². The molecule has 0 aromatic rings. The van der Waals surface area contributed by atoms with Gasteiger partial charge in [-0.25, -0.2) is 4.79 Å². The molecule has 0 aliphatic carbocycles. The normalized spacial score (nSPS) is 12.9. The Bertz CT molecular complexity index is 226. The number of hydrogen-bond acceptors (Lipinski definition) is 3. The van der Waals surface area contributed by atoms with E-state index in [-0.39, 0.29) is 12.1 Å². The average molecular weight is 216 g/mol. The molecule has 0 fully saturated rings. The maximum absolute atomic E-state index is 11.2. The van der Waals surface area contributed by atoms with Crippen LogP contribution in [-0.2, 0) is 14.0 Å². The summed E-state index contributed by atoms with van der Waals surface area (Å²) in [6.07, 6.45) is 1.32. The van der Waals surface area contributed by atoms with Crippen LogP contribution in [0.4, 0.5) is 0 Å². The van der Waals surface area contributed by atoms with Crippen molar-refractivity contribution in [2.75, 3.05) is 0 Å². The highest BCUT2D eigenvalue weighted by atomic mass is 28.4. The van der Waals surface area contributed by atoms with Crippen molar-refractivity contribution >= 4 is 14.3 Å². The summed E-state index contributed by atoms with van der Waals surface area (Å²) in [5, 5.41) is 0. The Morgan fingerprint density at radius 1 is 1.29 bits per heavy atom. The molecule has 0 aliphatic heterocycles. The molecule has 0 heterocycles. The summed E-state index contributed by atoms with van der Waals surface area (Å²) in [6.45, 7) is 11.6. The molecule has 0 radical (unpaired) electrons. The Hall–Kier alpha value is -0.773. The molecule has 0 unspecified atom stereocenters. The molecule has 0 saturated heterocycles.